The molecule has 0 aromatic heterocycles. The highest BCUT2D eigenvalue weighted by Gasteiger charge is 2.50. The maximum Gasteiger partial charge on any atom is 0.230 e. The van der Waals surface area contributed by atoms with E-state index in [0.717, 1.165) is 45.8 Å². The molecular weight excluding hydrogens is 397 g/mol. The fourth-order valence-electron chi connectivity index (χ4n) is 5.13. The van der Waals surface area contributed by atoms with Crippen LogP contribution in [0.5, 0.6) is 0 Å². The third kappa shape index (κ3) is 4.43. The molecule has 0 radical (unpaired) electrons. The molecule has 1 N–H and O–H groups in total. The summed E-state index contributed by atoms with van der Waals surface area (Å²) >= 11 is 0. The Morgan fingerprint density at radius 2 is 2.00 bits per heavy atom. The van der Waals surface area contributed by atoms with E-state index in [2.05, 4.69) is 34.5 Å². The zero-order valence-electron chi connectivity index (χ0n) is 16.7. The molecule has 2 heterocycles. The molecule has 0 unspecified atom stereocenters. The topological polar surface area (TPSA) is 44.8 Å². The molecule has 3 aliphatic rings. The molecule has 0 spiro atoms. The predicted octanol–water partition coefficient (Wildman–Crippen LogP) is 3.11. The lowest BCUT2D eigenvalue weighted by Crippen LogP contribution is -2.48. The zero-order chi connectivity index (χ0) is 18.0. The van der Waals surface area contributed by atoms with Crippen LogP contribution in [-0.4, -0.2) is 57.2 Å². The SMILES string of the molecule is CN(Cc1ccccc1N1CCOCC1)C(=O)[C@@]12CCCC[C@H]1CNC2.Cl.Cl. The third-order valence-electron chi connectivity index (χ3n) is 6.56. The molecule has 1 aliphatic carbocycles. The number of carbonyl (C=O) groups is 1. The van der Waals surface area contributed by atoms with Gasteiger partial charge >= 0.3 is 0 Å². The minimum Gasteiger partial charge on any atom is -0.378 e. The Morgan fingerprint density at radius 3 is 2.79 bits per heavy atom. The molecule has 1 amide bonds. The van der Waals surface area contributed by atoms with Crippen LogP contribution in [0.15, 0.2) is 24.3 Å². The van der Waals surface area contributed by atoms with Gasteiger partial charge in [0.2, 0.25) is 5.91 Å². The van der Waals surface area contributed by atoms with Gasteiger partial charge in [0.25, 0.3) is 0 Å². The summed E-state index contributed by atoms with van der Waals surface area (Å²) in [6.07, 6.45) is 4.68. The van der Waals surface area contributed by atoms with E-state index in [1.165, 1.54) is 30.5 Å². The van der Waals surface area contributed by atoms with E-state index in [1.807, 2.05) is 11.9 Å². The summed E-state index contributed by atoms with van der Waals surface area (Å²) in [6, 6.07) is 8.51. The number of anilines is 1. The lowest BCUT2D eigenvalue weighted by atomic mass is 9.67. The maximum absolute atomic E-state index is 13.4. The van der Waals surface area contributed by atoms with Crippen LogP contribution < -0.4 is 10.2 Å². The number of fused-ring (bicyclic) bond motifs is 1. The summed E-state index contributed by atoms with van der Waals surface area (Å²) in [5, 5.41) is 3.50. The number of halogens is 2. The quantitative estimate of drug-likeness (QED) is 0.798. The van der Waals surface area contributed by atoms with Crippen LogP contribution in [0.3, 0.4) is 0 Å². The first-order valence-corrected chi connectivity index (χ1v) is 10.1. The van der Waals surface area contributed by atoms with Gasteiger partial charge in [0.1, 0.15) is 0 Å². The normalized spacial score (nSPS) is 26.6. The van der Waals surface area contributed by atoms with Crippen LogP contribution in [0, 0.1) is 11.3 Å². The Kier molecular flexibility index (Phi) is 8.44. The van der Waals surface area contributed by atoms with E-state index in [1.54, 1.807) is 0 Å². The molecule has 2 saturated heterocycles. The molecule has 1 saturated carbocycles. The summed E-state index contributed by atoms with van der Waals surface area (Å²) < 4.78 is 5.49. The Labute approximate surface area is 181 Å². The number of amides is 1. The zero-order valence-corrected chi connectivity index (χ0v) is 18.3. The highest BCUT2D eigenvalue weighted by Crippen LogP contribution is 2.45. The van der Waals surface area contributed by atoms with Gasteiger partial charge in [-0.15, -0.1) is 24.8 Å². The number of hydrogen-bond acceptors (Lipinski definition) is 4. The van der Waals surface area contributed by atoms with Crippen LogP contribution >= 0.6 is 24.8 Å². The van der Waals surface area contributed by atoms with Crippen molar-refractivity contribution in [2.24, 2.45) is 11.3 Å². The van der Waals surface area contributed by atoms with Crippen molar-refractivity contribution in [1.82, 2.24) is 10.2 Å². The number of rotatable bonds is 4. The second-order valence-corrected chi connectivity index (χ2v) is 8.12. The van der Waals surface area contributed by atoms with Gasteiger partial charge in [-0.1, -0.05) is 31.0 Å². The van der Waals surface area contributed by atoms with Gasteiger partial charge in [-0.05, 0) is 36.9 Å². The second-order valence-electron chi connectivity index (χ2n) is 8.12. The first-order valence-electron chi connectivity index (χ1n) is 10.1. The number of para-hydroxylation sites is 1. The fourth-order valence-corrected chi connectivity index (χ4v) is 5.13. The van der Waals surface area contributed by atoms with Crippen molar-refractivity contribution in [2.75, 3.05) is 51.3 Å². The number of nitrogens with zero attached hydrogens (tertiary/aromatic N) is 2. The van der Waals surface area contributed by atoms with Gasteiger partial charge in [0, 0.05) is 38.9 Å². The highest BCUT2D eigenvalue weighted by atomic mass is 35.5. The summed E-state index contributed by atoms with van der Waals surface area (Å²) in [7, 11) is 1.98. The standard InChI is InChI=1S/C21H31N3O2.2ClH/c1-23(20(25)21-9-5-4-7-18(21)14-22-16-21)15-17-6-2-3-8-19(17)24-10-12-26-13-11-24;;/h2-3,6,8,18,22H,4-5,7,9-16H2,1H3;2*1H/t18-,21+;;/m0../s1. The molecule has 2 aliphatic heterocycles. The van der Waals surface area contributed by atoms with Crippen LogP contribution in [0.4, 0.5) is 5.69 Å². The van der Waals surface area contributed by atoms with Crippen LogP contribution in [-0.2, 0) is 16.1 Å². The van der Waals surface area contributed by atoms with Gasteiger partial charge in [-0.3, -0.25) is 4.79 Å². The number of hydrogen-bond donors (Lipinski definition) is 1. The van der Waals surface area contributed by atoms with Crippen molar-refractivity contribution in [1.29, 1.82) is 0 Å². The summed E-state index contributed by atoms with van der Waals surface area (Å²) in [4.78, 5) is 17.8. The second kappa shape index (κ2) is 10.1. The molecule has 158 valence electrons. The van der Waals surface area contributed by atoms with Gasteiger partial charge in [0.05, 0.1) is 18.6 Å². The molecule has 1 aromatic carbocycles. The highest BCUT2D eigenvalue weighted by molar-refractivity contribution is 5.85. The van der Waals surface area contributed by atoms with Gasteiger partial charge in [-0.25, -0.2) is 0 Å². The minimum absolute atomic E-state index is 0. The molecule has 4 rings (SSSR count). The lowest BCUT2D eigenvalue weighted by molar-refractivity contribution is -0.144. The van der Waals surface area contributed by atoms with Crippen molar-refractivity contribution in [3.8, 4) is 0 Å². The smallest absolute Gasteiger partial charge is 0.230 e. The average molecular weight is 430 g/mol. The molecule has 5 nitrogen and oxygen atoms in total. The fraction of sp³-hybridized carbons (Fsp3) is 0.667. The predicted molar refractivity (Wildman–Crippen MR) is 118 cm³/mol. The largest absolute Gasteiger partial charge is 0.378 e. The van der Waals surface area contributed by atoms with Crippen LogP contribution in [0.2, 0.25) is 0 Å². The number of morpholine rings is 1. The molecule has 7 heteroatoms. The number of carbonyl (C=O) groups excluding carboxylic acids is 1. The van der Waals surface area contributed by atoms with E-state index in [0.29, 0.717) is 18.4 Å². The summed E-state index contributed by atoms with van der Waals surface area (Å²) in [5.74, 6) is 0.852. The van der Waals surface area contributed by atoms with Crippen LogP contribution in [0.1, 0.15) is 31.2 Å². The van der Waals surface area contributed by atoms with Crippen molar-refractivity contribution < 1.29 is 9.53 Å². The van der Waals surface area contributed by atoms with Gasteiger partial charge in [0.15, 0.2) is 0 Å². The minimum atomic E-state index is -0.166. The Morgan fingerprint density at radius 1 is 1.25 bits per heavy atom. The number of benzene rings is 1. The first-order chi connectivity index (χ1) is 12.7. The Hall–Kier alpha value is -1.01. The number of ether oxygens (including phenoxy) is 1. The molecule has 0 bridgehead atoms. The van der Waals surface area contributed by atoms with E-state index in [4.69, 9.17) is 4.74 Å². The van der Waals surface area contributed by atoms with Crippen molar-refractivity contribution >= 4 is 36.4 Å². The van der Waals surface area contributed by atoms with Crippen molar-refractivity contribution in [3.63, 3.8) is 0 Å². The van der Waals surface area contributed by atoms with Crippen molar-refractivity contribution in [2.45, 2.75) is 32.2 Å². The van der Waals surface area contributed by atoms with E-state index < -0.39 is 0 Å². The molecule has 2 atom stereocenters. The van der Waals surface area contributed by atoms with E-state index in [-0.39, 0.29) is 30.2 Å². The van der Waals surface area contributed by atoms with E-state index >= 15 is 0 Å². The lowest BCUT2D eigenvalue weighted by Gasteiger charge is -2.40. The first kappa shape index (κ1) is 23.3. The summed E-state index contributed by atoms with van der Waals surface area (Å²) in [5.41, 5.74) is 2.32. The Balaban J connectivity index is 0.00000140. The van der Waals surface area contributed by atoms with Crippen LogP contribution in [0.25, 0.3) is 0 Å². The third-order valence-corrected chi connectivity index (χ3v) is 6.56. The van der Waals surface area contributed by atoms with Gasteiger partial charge in [-0.2, -0.15) is 0 Å². The molecular formula is C21H33Cl2N3O2. The Bertz CT molecular complexity index is 654. The van der Waals surface area contributed by atoms with E-state index in [9.17, 15) is 4.79 Å². The van der Waals surface area contributed by atoms with Gasteiger partial charge < -0.3 is 19.9 Å². The summed E-state index contributed by atoms with van der Waals surface area (Å²) in [6.45, 7) is 5.94. The molecule has 3 fully saturated rings. The number of nitrogens with one attached hydrogen (secondary N) is 1. The maximum atomic E-state index is 13.4. The monoisotopic (exact) mass is 429 g/mol. The average Bonchev–Trinajstić information content (AvgIpc) is 3.13. The molecule has 28 heavy (non-hydrogen) atoms. The molecule has 1 aromatic rings. The van der Waals surface area contributed by atoms with Crippen molar-refractivity contribution in [3.05, 3.63) is 29.8 Å².